The third-order valence-corrected chi connectivity index (χ3v) is 4.38. The molecule has 9 nitrogen and oxygen atoms in total. The molecule has 1 atom stereocenters. The minimum Gasteiger partial charge on any atom is -0.332 e. The summed E-state index contributed by atoms with van der Waals surface area (Å²) in [5.74, 6) is -0.462. The Hall–Kier alpha value is -2.78. The van der Waals surface area contributed by atoms with Gasteiger partial charge < -0.3 is 10.2 Å². The van der Waals surface area contributed by atoms with Gasteiger partial charge in [-0.1, -0.05) is 12.1 Å². The fourth-order valence-electron chi connectivity index (χ4n) is 3.02. The maximum absolute atomic E-state index is 12.8. The number of carbonyl (C=O) groups is 1. The van der Waals surface area contributed by atoms with Crippen molar-refractivity contribution in [2.45, 2.75) is 19.9 Å². The van der Waals surface area contributed by atoms with Crippen LogP contribution >= 0.6 is 12.4 Å². The van der Waals surface area contributed by atoms with Gasteiger partial charge in [-0.25, -0.2) is 4.68 Å². The SMILES string of the molecule is Cc1cc(=O)c(C(=O)N2CCNC[C@H]2C)nn1-c1ccccc1[N+](=O)[O-].Cl. The number of halogens is 1. The molecule has 0 bridgehead atoms. The fraction of sp³-hybridized carbons (Fsp3) is 0.353. The topological polar surface area (TPSA) is 110 Å². The van der Waals surface area contributed by atoms with Crippen LogP contribution in [-0.2, 0) is 0 Å². The van der Waals surface area contributed by atoms with E-state index in [1.54, 1.807) is 24.0 Å². The van der Waals surface area contributed by atoms with Crippen LogP contribution in [0, 0.1) is 17.0 Å². The summed E-state index contributed by atoms with van der Waals surface area (Å²) in [7, 11) is 0. The van der Waals surface area contributed by atoms with Crippen molar-refractivity contribution in [1.82, 2.24) is 20.0 Å². The van der Waals surface area contributed by atoms with E-state index in [9.17, 15) is 19.7 Å². The predicted molar refractivity (Wildman–Crippen MR) is 102 cm³/mol. The molecule has 1 aromatic heterocycles. The van der Waals surface area contributed by atoms with Gasteiger partial charge in [-0.2, -0.15) is 5.10 Å². The zero-order valence-corrected chi connectivity index (χ0v) is 15.7. The van der Waals surface area contributed by atoms with Crippen LogP contribution in [0.4, 0.5) is 5.69 Å². The molecular weight excluding hydrogens is 374 g/mol. The standard InChI is InChI=1S/C17H19N5O4.ClH/c1-11-9-15(23)16(17(24)20-8-7-18-10-12(20)2)19-21(11)13-5-3-4-6-14(13)22(25)26;/h3-6,9,12,18H,7-8,10H2,1-2H3;1H/t12-;/m1./s1. The molecule has 1 aliphatic rings. The maximum Gasteiger partial charge on any atom is 0.294 e. The zero-order chi connectivity index (χ0) is 18.8. The second-order valence-electron chi connectivity index (χ2n) is 6.21. The molecule has 0 saturated carbocycles. The van der Waals surface area contributed by atoms with E-state index in [4.69, 9.17) is 0 Å². The van der Waals surface area contributed by atoms with Gasteiger partial charge in [0.2, 0.25) is 5.43 Å². The number of piperazine rings is 1. The molecule has 3 rings (SSSR count). The van der Waals surface area contributed by atoms with E-state index < -0.39 is 16.3 Å². The van der Waals surface area contributed by atoms with Crippen molar-refractivity contribution in [2.75, 3.05) is 19.6 Å². The van der Waals surface area contributed by atoms with Crippen molar-refractivity contribution < 1.29 is 9.72 Å². The summed E-state index contributed by atoms with van der Waals surface area (Å²) < 4.78 is 1.28. The van der Waals surface area contributed by atoms with Gasteiger partial charge in [0.15, 0.2) is 5.69 Å². The average molecular weight is 394 g/mol. The lowest BCUT2D eigenvalue weighted by atomic mass is 10.2. The Kier molecular flexibility index (Phi) is 6.29. The van der Waals surface area contributed by atoms with Crippen molar-refractivity contribution in [3.8, 4) is 5.69 Å². The molecule has 2 heterocycles. The number of hydrogen-bond acceptors (Lipinski definition) is 6. The predicted octanol–water partition coefficient (Wildman–Crippen LogP) is 1.30. The number of nitrogens with one attached hydrogen (secondary N) is 1. The minimum absolute atomic E-state index is 0. The number of para-hydroxylation sites is 2. The molecule has 1 amide bonds. The Labute approximate surface area is 161 Å². The van der Waals surface area contributed by atoms with Gasteiger partial charge in [0.1, 0.15) is 5.69 Å². The highest BCUT2D eigenvalue weighted by Crippen LogP contribution is 2.22. The van der Waals surface area contributed by atoms with Gasteiger partial charge in [0.05, 0.1) is 4.92 Å². The average Bonchev–Trinajstić information content (AvgIpc) is 2.62. The summed E-state index contributed by atoms with van der Waals surface area (Å²) >= 11 is 0. The van der Waals surface area contributed by atoms with Gasteiger partial charge in [0, 0.05) is 43.5 Å². The molecule has 144 valence electrons. The molecule has 0 spiro atoms. The zero-order valence-electron chi connectivity index (χ0n) is 14.9. The molecule has 1 saturated heterocycles. The number of nitro benzene ring substituents is 1. The fourth-order valence-corrected chi connectivity index (χ4v) is 3.02. The first-order valence-electron chi connectivity index (χ1n) is 8.26. The number of hydrogen-bond donors (Lipinski definition) is 1. The minimum atomic E-state index is -0.519. The number of amides is 1. The summed E-state index contributed by atoms with van der Waals surface area (Å²) in [5, 5.41) is 18.7. The first-order valence-corrected chi connectivity index (χ1v) is 8.26. The molecule has 2 aromatic rings. The Morgan fingerprint density at radius 2 is 2.07 bits per heavy atom. The van der Waals surface area contributed by atoms with E-state index in [0.29, 0.717) is 25.3 Å². The molecule has 1 N–H and O–H groups in total. The van der Waals surface area contributed by atoms with Crippen LogP contribution in [-0.4, -0.2) is 51.2 Å². The van der Waals surface area contributed by atoms with Crippen molar-refractivity contribution in [2.24, 2.45) is 0 Å². The van der Waals surface area contributed by atoms with Crippen LogP contribution in [0.2, 0.25) is 0 Å². The van der Waals surface area contributed by atoms with Crippen molar-refractivity contribution in [3.63, 3.8) is 0 Å². The summed E-state index contributed by atoms with van der Waals surface area (Å²) in [6, 6.07) is 7.29. The monoisotopic (exact) mass is 393 g/mol. The lowest BCUT2D eigenvalue weighted by molar-refractivity contribution is -0.384. The molecule has 0 aliphatic carbocycles. The number of aryl methyl sites for hydroxylation is 1. The highest BCUT2D eigenvalue weighted by atomic mass is 35.5. The van der Waals surface area contributed by atoms with E-state index in [-0.39, 0.29) is 35.5 Å². The molecular formula is C17H20ClN5O4. The Bertz CT molecular complexity index is 930. The number of nitro groups is 1. The van der Waals surface area contributed by atoms with E-state index in [2.05, 4.69) is 10.4 Å². The highest BCUT2D eigenvalue weighted by molar-refractivity contribution is 5.92. The van der Waals surface area contributed by atoms with Crippen molar-refractivity contribution in [1.29, 1.82) is 0 Å². The van der Waals surface area contributed by atoms with E-state index >= 15 is 0 Å². The van der Waals surface area contributed by atoms with Crippen LogP contribution in [0.15, 0.2) is 35.1 Å². The third kappa shape index (κ3) is 3.99. The van der Waals surface area contributed by atoms with Gasteiger partial charge >= 0.3 is 0 Å². The molecule has 0 unspecified atom stereocenters. The summed E-state index contributed by atoms with van der Waals surface area (Å²) in [6.45, 7) is 5.25. The number of benzene rings is 1. The number of rotatable bonds is 3. The van der Waals surface area contributed by atoms with Gasteiger partial charge in [-0.05, 0) is 19.9 Å². The van der Waals surface area contributed by atoms with Crippen LogP contribution in [0.1, 0.15) is 23.1 Å². The second-order valence-corrected chi connectivity index (χ2v) is 6.21. The van der Waals surface area contributed by atoms with Gasteiger partial charge in [0.25, 0.3) is 11.6 Å². The number of nitrogens with zero attached hydrogens (tertiary/aromatic N) is 4. The van der Waals surface area contributed by atoms with Crippen LogP contribution in [0.25, 0.3) is 5.69 Å². The molecule has 1 aliphatic heterocycles. The molecule has 27 heavy (non-hydrogen) atoms. The number of carbonyl (C=O) groups excluding carboxylic acids is 1. The molecule has 1 fully saturated rings. The second kappa shape index (κ2) is 8.28. The third-order valence-electron chi connectivity index (χ3n) is 4.38. The highest BCUT2D eigenvalue weighted by Gasteiger charge is 2.28. The summed E-state index contributed by atoms with van der Waals surface area (Å²) in [5.41, 5.74) is -0.261. The van der Waals surface area contributed by atoms with Crippen molar-refractivity contribution in [3.05, 3.63) is 62.1 Å². The van der Waals surface area contributed by atoms with Crippen LogP contribution < -0.4 is 10.7 Å². The summed E-state index contributed by atoms with van der Waals surface area (Å²) in [6.07, 6.45) is 0. The molecule has 0 radical (unpaired) electrons. The Morgan fingerprint density at radius 3 is 2.74 bits per heavy atom. The normalized spacial score (nSPS) is 16.5. The Balaban J connectivity index is 0.00000261. The quantitative estimate of drug-likeness (QED) is 0.621. The largest absolute Gasteiger partial charge is 0.332 e. The van der Waals surface area contributed by atoms with Crippen LogP contribution in [0.3, 0.4) is 0 Å². The van der Waals surface area contributed by atoms with Gasteiger partial charge in [-0.3, -0.25) is 19.7 Å². The smallest absolute Gasteiger partial charge is 0.294 e. The summed E-state index contributed by atoms with van der Waals surface area (Å²) in [4.78, 5) is 37.6. The van der Waals surface area contributed by atoms with Crippen molar-refractivity contribution >= 4 is 24.0 Å². The van der Waals surface area contributed by atoms with Crippen LogP contribution in [0.5, 0.6) is 0 Å². The van der Waals surface area contributed by atoms with E-state index in [1.807, 2.05) is 6.92 Å². The Morgan fingerprint density at radius 1 is 1.37 bits per heavy atom. The lowest BCUT2D eigenvalue weighted by Gasteiger charge is -2.33. The van der Waals surface area contributed by atoms with E-state index in [1.165, 1.54) is 22.9 Å². The first kappa shape index (κ1) is 20.5. The van der Waals surface area contributed by atoms with E-state index in [0.717, 1.165) is 0 Å². The molecule has 1 aromatic carbocycles. The molecule has 10 heteroatoms. The lowest BCUT2D eigenvalue weighted by Crippen LogP contribution is -2.53. The van der Waals surface area contributed by atoms with Gasteiger partial charge in [-0.15, -0.1) is 12.4 Å². The maximum atomic E-state index is 12.8. The first-order chi connectivity index (χ1) is 12.4. The number of aromatic nitrogens is 2.